The molecule has 0 saturated carbocycles. The average Bonchev–Trinajstić information content (AvgIpc) is 3.27. The Morgan fingerprint density at radius 3 is 2.69 bits per heavy atom. The minimum Gasteiger partial charge on any atom is -0.423 e. The number of thiocarbonyl (C=S) groups is 1. The summed E-state index contributed by atoms with van der Waals surface area (Å²) >= 11 is 5.39. The monoisotopic (exact) mass is 447 g/mol. The number of piperidine rings is 1. The maximum atomic E-state index is 13.5. The molecule has 1 aliphatic heterocycles. The third kappa shape index (κ3) is 4.24. The van der Waals surface area contributed by atoms with Crippen LogP contribution in [0.3, 0.4) is 0 Å². The molecule has 2 aromatic heterocycles. The Balaban J connectivity index is 1.57. The van der Waals surface area contributed by atoms with E-state index >= 15 is 0 Å². The zero-order valence-electron chi connectivity index (χ0n) is 17.4. The van der Waals surface area contributed by atoms with Gasteiger partial charge in [0.05, 0.1) is 28.3 Å². The first kappa shape index (κ1) is 20.7. The SMILES string of the molecule is Fc1ccc(-c2ncn(C3CCNCC3)c2-c2ccnc(OC3=CC=CCC3=S)n2)cc1. The van der Waals surface area contributed by atoms with Gasteiger partial charge in [0, 0.05) is 24.2 Å². The van der Waals surface area contributed by atoms with E-state index in [-0.39, 0.29) is 11.8 Å². The number of nitrogens with one attached hydrogen (secondary N) is 1. The molecule has 32 heavy (non-hydrogen) atoms. The summed E-state index contributed by atoms with van der Waals surface area (Å²) in [4.78, 5) is 14.4. The number of benzene rings is 1. The van der Waals surface area contributed by atoms with Gasteiger partial charge < -0.3 is 14.6 Å². The van der Waals surface area contributed by atoms with Gasteiger partial charge in [-0.25, -0.2) is 14.4 Å². The van der Waals surface area contributed by atoms with Crippen molar-refractivity contribution in [1.29, 1.82) is 0 Å². The van der Waals surface area contributed by atoms with Crippen LogP contribution in [0.5, 0.6) is 6.01 Å². The van der Waals surface area contributed by atoms with Crippen LogP contribution in [0, 0.1) is 5.82 Å². The molecule has 1 fully saturated rings. The van der Waals surface area contributed by atoms with Crippen LogP contribution < -0.4 is 10.1 Å². The molecule has 1 aromatic carbocycles. The third-order valence-corrected chi connectivity index (χ3v) is 6.02. The van der Waals surface area contributed by atoms with E-state index in [1.54, 1.807) is 18.3 Å². The molecule has 3 heterocycles. The van der Waals surface area contributed by atoms with Crippen LogP contribution in [0.15, 0.2) is 66.8 Å². The molecular weight excluding hydrogens is 425 g/mol. The molecule has 1 N–H and O–H groups in total. The highest BCUT2D eigenvalue weighted by Crippen LogP contribution is 2.35. The van der Waals surface area contributed by atoms with Crippen molar-refractivity contribution in [3.05, 3.63) is 72.7 Å². The average molecular weight is 448 g/mol. The molecule has 0 atom stereocenters. The minimum absolute atomic E-state index is 0.231. The lowest BCUT2D eigenvalue weighted by Crippen LogP contribution is -2.29. The van der Waals surface area contributed by atoms with Gasteiger partial charge in [0.2, 0.25) is 0 Å². The van der Waals surface area contributed by atoms with Gasteiger partial charge in [-0.3, -0.25) is 0 Å². The number of rotatable bonds is 5. The Morgan fingerprint density at radius 1 is 1.09 bits per heavy atom. The second kappa shape index (κ2) is 9.10. The van der Waals surface area contributed by atoms with Crippen molar-refractivity contribution in [3.8, 4) is 28.7 Å². The van der Waals surface area contributed by atoms with Gasteiger partial charge in [-0.2, -0.15) is 4.98 Å². The molecule has 0 radical (unpaired) electrons. The van der Waals surface area contributed by atoms with Gasteiger partial charge in [-0.15, -0.1) is 0 Å². The summed E-state index contributed by atoms with van der Waals surface area (Å²) in [6.45, 7) is 1.90. The van der Waals surface area contributed by atoms with Crippen molar-refractivity contribution in [2.45, 2.75) is 25.3 Å². The number of allylic oxidation sites excluding steroid dienone is 4. The lowest BCUT2D eigenvalue weighted by Gasteiger charge is -2.25. The molecule has 0 amide bonds. The van der Waals surface area contributed by atoms with Gasteiger partial charge in [0.1, 0.15) is 11.6 Å². The Kier molecular flexibility index (Phi) is 5.87. The zero-order valence-corrected chi connectivity index (χ0v) is 18.2. The predicted molar refractivity (Wildman–Crippen MR) is 125 cm³/mol. The normalized spacial score (nSPS) is 16.8. The van der Waals surface area contributed by atoms with Crippen molar-refractivity contribution in [2.75, 3.05) is 13.1 Å². The van der Waals surface area contributed by atoms with Crippen LogP contribution in [-0.4, -0.2) is 37.5 Å². The number of hydrogen-bond acceptors (Lipinski definition) is 6. The highest BCUT2D eigenvalue weighted by atomic mass is 32.1. The summed E-state index contributed by atoms with van der Waals surface area (Å²) in [7, 11) is 0. The first-order valence-electron chi connectivity index (χ1n) is 10.6. The molecule has 0 spiro atoms. The molecule has 1 saturated heterocycles. The minimum atomic E-state index is -0.281. The topological polar surface area (TPSA) is 64.9 Å². The van der Waals surface area contributed by atoms with E-state index < -0.39 is 0 Å². The van der Waals surface area contributed by atoms with Crippen molar-refractivity contribution in [2.24, 2.45) is 0 Å². The second-order valence-electron chi connectivity index (χ2n) is 7.75. The molecule has 6 nitrogen and oxygen atoms in total. The summed E-state index contributed by atoms with van der Waals surface area (Å²) in [5.41, 5.74) is 3.15. The van der Waals surface area contributed by atoms with Crippen LogP contribution in [0.2, 0.25) is 0 Å². The predicted octanol–water partition coefficient (Wildman–Crippen LogP) is 4.66. The van der Waals surface area contributed by atoms with Crippen molar-refractivity contribution >= 4 is 17.1 Å². The van der Waals surface area contributed by atoms with Crippen LogP contribution >= 0.6 is 12.2 Å². The van der Waals surface area contributed by atoms with E-state index in [9.17, 15) is 4.39 Å². The van der Waals surface area contributed by atoms with E-state index in [4.69, 9.17) is 26.9 Å². The Labute approximate surface area is 190 Å². The fraction of sp³-hybridized carbons (Fsp3) is 0.250. The lowest BCUT2D eigenvalue weighted by molar-refractivity contribution is 0.370. The summed E-state index contributed by atoms with van der Waals surface area (Å²) < 4.78 is 21.6. The van der Waals surface area contributed by atoms with E-state index in [1.165, 1.54) is 12.1 Å². The van der Waals surface area contributed by atoms with Crippen molar-refractivity contribution in [3.63, 3.8) is 0 Å². The van der Waals surface area contributed by atoms with Crippen LogP contribution in [0.1, 0.15) is 25.3 Å². The van der Waals surface area contributed by atoms with Crippen LogP contribution in [0.25, 0.3) is 22.6 Å². The number of halogens is 1. The van der Waals surface area contributed by atoms with E-state index in [1.807, 2.05) is 30.6 Å². The number of hydrogen-bond donors (Lipinski definition) is 1. The van der Waals surface area contributed by atoms with E-state index in [2.05, 4.69) is 14.9 Å². The van der Waals surface area contributed by atoms with Gasteiger partial charge in [-0.05, 0) is 62.3 Å². The van der Waals surface area contributed by atoms with Crippen LogP contribution in [0.4, 0.5) is 4.39 Å². The highest BCUT2D eigenvalue weighted by molar-refractivity contribution is 7.80. The third-order valence-electron chi connectivity index (χ3n) is 5.65. The molecule has 0 unspecified atom stereocenters. The first-order chi connectivity index (χ1) is 15.7. The quantitative estimate of drug-likeness (QED) is 0.574. The molecule has 0 bridgehead atoms. The summed E-state index contributed by atoms with van der Waals surface area (Å²) in [5.74, 6) is 0.307. The Hall–Kier alpha value is -3.23. The van der Waals surface area contributed by atoms with E-state index in [0.717, 1.165) is 42.9 Å². The standard InChI is InChI=1S/C24H22FN5OS/c25-17-7-5-16(6-8-17)22-23(30(15-28-22)18-9-12-26-13-10-18)19-11-14-27-24(29-19)31-20-3-1-2-4-21(20)32/h1-3,5-8,11,14-15,18,26H,4,9-10,12-13H2. The number of imidazole rings is 1. The smallest absolute Gasteiger partial charge is 0.322 e. The maximum absolute atomic E-state index is 13.5. The van der Waals surface area contributed by atoms with Gasteiger partial charge in [-0.1, -0.05) is 24.4 Å². The fourth-order valence-corrected chi connectivity index (χ4v) is 4.24. The molecule has 2 aliphatic rings. The summed E-state index contributed by atoms with van der Waals surface area (Å²) in [5, 5.41) is 3.40. The number of aromatic nitrogens is 4. The first-order valence-corrected chi connectivity index (χ1v) is 11.0. The molecule has 162 valence electrons. The molecular formula is C24H22FN5OS. The highest BCUT2D eigenvalue weighted by Gasteiger charge is 2.24. The maximum Gasteiger partial charge on any atom is 0.322 e. The zero-order chi connectivity index (χ0) is 21.9. The largest absolute Gasteiger partial charge is 0.423 e. The number of ether oxygens (including phenoxy) is 1. The Bertz CT molecular complexity index is 1200. The van der Waals surface area contributed by atoms with Crippen LogP contribution in [-0.2, 0) is 0 Å². The second-order valence-corrected chi connectivity index (χ2v) is 8.24. The van der Waals surface area contributed by atoms with Gasteiger partial charge in [0.25, 0.3) is 0 Å². The lowest BCUT2D eigenvalue weighted by atomic mass is 10.0. The summed E-state index contributed by atoms with van der Waals surface area (Å²) in [6.07, 6.45) is 11.9. The molecule has 8 heteroatoms. The number of nitrogens with zero attached hydrogens (tertiary/aromatic N) is 4. The molecule has 3 aromatic rings. The van der Waals surface area contributed by atoms with Gasteiger partial charge >= 0.3 is 6.01 Å². The molecule has 5 rings (SSSR count). The van der Waals surface area contributed by atoms with Gasteiger partial charge in [0.15, 0.2) is 0 Å². The fourth-order valence-electron chi connectivity index (χ4n) is 4.03. The summed E-state index contributed by atoms with van der Waals surface area (Å²) in [6, 6.07) is 8.75. The van der Waals surface area contributed by atoms with Crippen molar-refractivity contribution < 1.29 is 9.13 Å². The molecule has 1 aliphatic carbocycles. The Morgan fingerprint density at radius 2 is 1.91 bits per heavy atom. The van der Waals surface area contributed by atoms with E-state index in [0.29, 0.717) is 28.8 Å². The van der Waals surface area contributed by atoms with Crippen molar-refractivity contribution in [1.82, 2.24) is 24.8 Å².